The molecule has 0 aliphatic carbocycles. The van der Waals surface area contributed by atoms with Crippen molar-refractivity contribution in [1.29, 1.82) is 0 Å². The normalized spacial score (nSPS) is 13.8. The molecule has 3 aromatic carbocycles. The number of carbonyl (C=O) groups is 1. The molecule has 0 radical (unpaired) electrons. The van der Waals surface area contributed by atoms with E-state index >= 15 is 0 Å². The first-order valence-corrected chi connectivity index (χ1v) is 12.6. The molecule has 3 rings (SSSR count). The monoisotopic (exact) mass is 474 g/mol. The maximum absolute atomic E-state index is 12.9. The highest BCUT2D eigenvalue weighted by atomic mass is 16.5. The topological polar surface area (TPSA) is 44.8 Å². The minimum Gasteiger partial charge on any atom is -0.466 e. The third kappa shape index (κ3) is 8.97. The molecular weight excluding hydrogens is 436 g/mol. The van der Waals surface area contributed by atoms with Gasteiger partial charge in [0.05, 0.1) is 31.8 Å². The highest BCUT2D eigenvalue weighted by molar-refractivity contribution is 5.72. The Bertz CT molecular complexity index is 973. The molecule has 0 bridgehead atoms. The quantitative estimate of drug-likeness (QED) is 0.233. The smallest absolute Gasteiger partial charge is 0.309 e. The van der Waals surface area contributed by atoms with Crippen molar-refractivity contribution in [2.24, 2.45) is 11.8 Å². The third-order valence-corrected chi connectivity index (χ3v) is 5.94. The highest BCUT2D eigenvalue weighted by Crippen LogP contribution is 2.32. The van der Waals surface area contributed by atoms with Gasteiger partial charge in [0.25, 0.3) is 0 Å². The van der Waals surface area contributed by atoms with Crippen molar-refractivity contribution in [3.63, 3.8) is 0 Å². The van der Waals surface area contributed by atoms with Gasteiger partial charge in [0.2, 0.25) is 0 Å². The molecule has 0 saturated heterocycles. The van der Waals surface area contributed by atoms with Crippen LogP contribution in [-0.4, -0.2) is 18.7 Å². The third-order valence-electron chi connectivity index (χ3n) is 5.94. The van der Waals surface area contributed by atoms with Crippen molar-refractivity contribution in [3.8, 4) is 0 Å². The van der Waals surface area contributed by atoms with Crippen molar-refractivity contribution in [2.45, 2.75) is 59.0 Å². The van der Waals surface area contributed by atoms with Crippen LogP contribution in [0.5, 0.6) is 0 Å². The predicted octanol–water partition coefficient (Wildman–Crippen LogP) is 7.15. The van der Waals surface area contributed by atoms with Crippen molar-refractivity contribution < 1.29 is 19.0 Å². The number of hydrogen-bond donors (Lipinski definition) is 0. The van der Waals surface area contributed by atoms with Crippen LogP contribution in [0.1, 0.15) is 56.4 Å². The molecule has 0 fully saturated rings. The summed E-state index contributed by atoms with van der Waals surface area (Å²) in [5.41, 5.74) is 3.22. The van der Waals surface area contributed by atoms with E-state index in [2.05, 4.69) is 50.2 Å². The SMILES string of the molecule is CCOC(=O)[C@H](CC(C)C)C[C@H](OCc1ccccc1)[C@@H](OCc1ccccc1)c1ccccc1. The maximum Gasteiger partial charge on any atom is 0.309 e. The Morgan fingerprint density at radius 2 is 1.23 bits per heavy atom. The Kier molecular flexibility index (Phi) is 11.0. The van der Waals surface area contributed by atoms with Gasteiger partial charge in [-0.25, -0.2) is 0 Å². The zero-order chi connectivity index (χ0) is 24.9. The zero-order valence-corrected chi connectivity index (χ0v) is 21.1. The molecule has 3 aromatic rings. The van der Waals surface area contributed by atoms with E-state index in [-0.39, 0.29) is 24.1 Å². The van der Waals surface area contributed by atoms with Gasteiger partial charge in [-0.2, -0.15) is 0 Å². The first-order valence-electron chi connectivity index (χ1n) is 12.6. The molecule has 0 saturated carbocycles. The molecule has 0 amide bonds. The fourth-order valence-electron chi connectivity index (χ4n) is 4.28. The summed E-state index contributed by atoms with van der Waals surface area (Å²) < 4.78 is 18.5. The molecule has 3 atom stereocenters. The van der Waals surface area contributed by atoms with Gasteiger partial charge in [-0.3, -0.25) is 4.79 Å². The predicted molar refractivity (Wildman–Crippen MR) is 140 cm³/mol. The lowest BCUT2D eigenvalue weighted by Crippen LogP contribution is -2.31. The van der Waals surface area contributed by atoms with Gasteiger partial charge >= 0.3 is 5.97 Å². The van der Waals surface area contributed by atoms with Crippen LogP contribution in [0.3, 0.4) is 0 Å². The summed E-state index contributed by atoms with van der Waals surface area (Å²) >= 11 is 0. The van der Waals surface area contributed by atoms with Crippen molar-refractivity contribution >= 4 is 5.97 Å². The number of carbonyl (C=O) groups excluding carboxylic acids is 1. The molecule has 0 aliphatic heterocycles. The molecule has 0 unspecified atom stereocenters. The molecule has 35 heavy (non-hydrogen) atoms. The summed E-state index contributed by atoms with van der Waals surface area (Å²) in [6.45, 7) is 7.39. The van der Waals surface area contributed by atoms with E-state index in [0.717, 1.165) is 23.1 Å². The van der Waals surface area contributed by atoms with Gasteiger partial charge in [0.15, 0.2) is 0 Å². The first kappa shape index (κ1) is 26.7. The second-order valence-electron chi connectivity index (χ2n) is 9.28. The Morgan fingerprint density at radius 3 is 1.74 bits per heavy atom. The molecule has 4 heteroatoms. The van der Waals surface area contributed by atoms with Gasteiger partial charge in [-0.1, -0.05) is 105 Å². The number of ether oxygens (including phenoxy) is 3. The molecule has 0 spiro atoms. The van der Waals surface area contributed by atoms with E-state index in [1.807, 2.05) is 61.5 Å². The molecule has 0 aliphatic rings. The molecule has 186 valence electrons. The van der Waals surface area contributed by atoms with Crippen LogP contribution >= 0.6 is 0 Å². The van der Waals surface area contributed by atoms with E-state index < -0.39 is 0 Å². The summed E-state index contributed by atoms with van der Waals surface area (Å²) in [6, 6.07) is 30.4. The summed E-state index contributed by atoms with van der Waals surface area (Å²) in [4.78, 5) is 12.9. The molecule has 0 aromatic heterocycles. The summed E-state index contributed by atoms with van der Waals surface area (Å²) in [5.74, 6) is -0.0637. The van der Waals surface area contributed by atoms with Gasteiger partial charge < -0.3 is 14.2 Å². The van der Waals surface area contributed by atoms with Crippen LogP contribution in [0.25, 0.3) is 0 Å². The standard InChI is InChI=1S/C31H38O4/c1-4-33-31(32)28(20-24(2)3)21-29(34-22-25-14-8-5-9-15-25)30(27-18-12-7-13-19-27)35-23-26-16-10-6-11-17-26/h5-19,24,28-30H,4,20-23H2,1-3H3/t28-,29+,30+/m1/s1. The van der Waals surface area contributed by atoms with E-state index in [4.69, 9.17) is 14.2 Å². The van der Waals surface area contributed by atoms with E-state index in [9.17, 15) is 4.79 Å². The highest BCUT2D eigenvalue weighted by Gasteiger charge is 2.32. The van der Waals surface area contributed by atoms with Gasteiger partial charge in [0.1, 0.15) is 6.10 Å². The van der Waals surface area contributed by atoms with Crippen LogP contribution in [-0.2, 0) is 32.2 Å². The molecular formula is C31H38O4. The van der Waals surface area contributed by atoms with Gasteiger partial charge in [-0.15, -0.1) is 0 Å². The van der Waals surface area contributed by atoms with Crippen molar-refractivity contribution in [1.82, 2.24) is 0 Å². The Balaban J connectivity index is 1.89. The molecule has 0 N–H and O–H groups in total. The molecule has 4 nitrogen and oxygen atoms in total. The summed E-state index contributed by atoms with van der Waals surface area (Å²) in [7, 11) is 0. The number of benzene rings is 3. The number of rotatable bonds is 14. The fourth-order valence-corrected chi connectivity index (χ4v) is 4.28. The largest absolute Gasteiger partial charge is 0.466 e. The average Bonchev–Trinajstić information content (AvgIpc) is 2.88. The van der Waals surface area contributed by atoms with E-state index in [1.54, 1.807) is 0 Å². The van der Waals surface area contributed by atoms with Crippen LogP contribution in [0.15, 0.2) is 91.0 Å². The fraction of sp³-hybridized carbons (Fsp3) is 0.387. The van der Waals surface area contributed by atoms with Crippen LogP contribution < -0.4 is 0 Å². The Hall–Kier alpha value is -2.95. The number of esters is 1. The minimum absolute atomic E-state index is 0.163. The minimum atomic E-state index is -0.329. The second-order valence-corrected chi connectivity index (χ2v) is 9.28. The number of hydrogen-bond acceptors (Lipinski definition) is 4. The van der Waals surface area contributed by atoms with Gasteiger partial charge in [-0.05, 0) is 42.4 Å². The lowest BCUT2D eigenvalue weighted by Gasteiger charge is -2.31. The van der Waals surface area contributed by atoms with E-state index in [0.29, 0.717) is 32.2 Å². The Morgan fingerprint density at radius 1 is 0.714 bits per heavy atom. The van der Waals surface area contributed by atoms with E-state index in [1.165, 1.54) is 0 Å². The lowest BCUT2D eigenvalue weighted by atomic mass is 9.88. The van der Waals surface area contributed by atoms with Crippen molar-refractivity contribution in [2.75, 3.05) is 6.61 Å². The Labute approximate surface area is 210 Å². The van der Waals surface area contributed by atoms with Crippen LogP contribution in [0, 0.1) is 11.8 Å². The lowest BCUT2D eigenvalue weighted by molar-refractivity contribution is -0.153. The van der Waals surface area contributed by atoms with Crippen LogP contribution in [0.4, 0.5) is 0 Å². The van der Waals surface area contributed by atoms with Crippen molar-refractivity contribution in [3.05, 3.63) is 108 Å². The summed E-state index contributed by atoms with van der Waals surface area (Å²) in [5, 5.41) is 0. The second kappa shape index (κ2) is 14.4. The first-order chi connectivity index (χ1) is 17.1. The average molecular weight is 475 g/mol. The zero-order valence-electron chi connectivity index (χ0n) is 21.1. The maximum atomic E-state index is 12.9. The van der Waals surface area contributed by atoms with Crippen LogP contribution in [0.2, 0.25) is 0 Å². The van der Waals surface area contributed by atoms with Gasteiger partial charge in [0, 0.05) is 0 Å². The molecule has 0 heterocycles. The summed E-state index contributed by atoms with van der Waals surface area (Å²) in [6.07, 6.45) is 0.612.